The van der Waals surface area contributed by atoms with Gasteiger partial charge in [0.2, 0.25) is 5.67 Å². The maximum atomic E-state index is 13.6. The van der Waals surface area contributed by atoms with Crippen molar-refractivity contribution in [1.82, 2.24) is 5.32 Å². The van der Waals surface area contributed by atoms with E-state index in [1.165, 1.54) is 12.1 Å². The van der Waals surface area contributed by atoms with Crippen molar-refractivity contribution in [3.63, 3.8) is 0 Å². The molecule has 1 aliphatic rings. The second-order valence-corrected chi connectivity index (χ2v) is 4.31. The number of alkyl halides is 2. The van der Waals surface area contributed by atoms with Crippen LogP contribution in [0, 0.1) is 11.6 Å². The molecule has 1 aliphatic heterocycles. The van der Waals surface area contributed by atoms with Gasteiger partial charge in [0.1, 0.15) is 6.67 Å². The molecule has 1 fully saturated rings. The summed E-state index contributed by atoms with van der Waals surface area (Å²) in [7, 11) is 0. The number of nitrogens with one attached hydrogen (secondary N) is 1. The Morgan fingerprint density at radius 2 is 2.11 bits per heavy atom. The van der Waals surface area contributed by atoms with Crippen molar-refractivity contribution >= 4 is 5.91 Å². The Labute approximate surface area is 101 Å². The SMILES string of the molecule is O=C1NC(c2cccc(F)c2F)CCC1(F)CF. The first-order chi connectivity index (χ1) is 8.48. The third-order valence-electron chi connectivity index (χ3n) is 3.11. The van der Waals surface area contributed by atoms with Gasteiger partial charge < -0.3 is 5.32 Å². The summed E-state index contributed by atoms with van der Waals surface area (Å²) < 4.78 is 52.5. The molecule has 1 amide bonds. The minimum absolute atomic E-state index is 0.0204. The second-order valence-electron chi connectivity index (χ2n) is 4.31. The van der Waals surface area contributed by atoms with Gasteiger partial charge in [0.25, 0.3) is 5.91 Å². The van der Waals surface area contributed by atoms with E-state index in [1.807, 2.05) is 0 Å². The molecule has 1 aromatic carbocycles. The third-order valence-corrected chi connectivity index (χ3v) is 3.11. The summed E-state index contributed by atoms with van der Waals surface area (Å²) in [6.07, 6.45) is -0.331. The third kappa shape index (κ3) is 2.07. The molecule has 1 saturated heterocycles. The van der Waals surface area contributed by atoms with Crippen LogP contribution in [0.25, 0.3) is 0 Å². The van der Waals surface area contributed by atoms with Crippen LogP contribution in [0.2, 0.25) is 0 Å². The lowest BCUT2D eigenvalue weighted by atomic mass is 9.88. The van der Waals surface area contributed by atoms with E-state index in [0.717, 1.165) is 6.07 Å². The molecule has 0 aliphatic carbocycles. The molecule has 1 N–H and O–H groups in total. The zero-order valence-electron chi connectivity index (χ0n) is 9.35. The zero-order chi connectivity index (χ0) is 13.3. The van der Waals surface area contributed by atoms with Crippen molar-refractivity contribution in [2.45, 2.75) is 24.6 Å². The van der Waals surface area contributed by atoms with Crippen LogP contribution in [0.4, 0.5) is 17.6 Å². The van der Waals surface area contributed by atoms with E-state index >= 15 is 0 Å². The van der Waals surface area contributed by atoms with E-state index in [-0.39, 0.29) is 18.4 Å². The van der Waals surface area contributed by atoms with Crippen LogP contribution >= 0.6 is 0 Å². The minimum atomic E-state index is -2.56. The van der Waals surface area contributed by atoms with Crippen LogP contribution in [0.1, 0.15) is 24.4 Å². The quantitative estimate of drug-likeness (QED) is 0.814. The monoisotopic (exact) mass is 261 g/mol. The highest BCUT2D eigenvalue weighted by Gasteiger charge is 2.44. The molecule has 2 atom stereocenters. The lowest BCUT2D eigenvalue weighted by molar-refractivity contribution is -0.138. The molecule has 0 bridgehead atoms. The molecule has 2 unspecified atom stereocenters. The summed E-state index contributed by atoms with van der Waals surface area (Å²) in [4.78, 5) is 11.4. The van der Waals surface area contributed by atoms with Crippen LogP contribution in [-0.2, 0) is 4.79 Å². The molecule has 0 saturated carbocycles. The highest BCUT2D eigenvalue weighted by molar-refractivity contribution is 5.86. The van der Waals surface area contributed by atoms with Gasteiger partial charge in [0, 0.05) is 5.56 Å². The van der Waals surface area contributed by atoms with Crippen LogP contribution in [0.15, 0.2) is 18.2 Å². The van der Waals surface area contributed by atoms with E-state index in [0.29, 0.717) is 0 Å². The van der Waals surface area contributed by atoms with E-state index < -0.39 is 35.9 Å². The van der Waals surface area contributed by atoms with E-state index in [2.05, 4.69) is 5.32 Å². The normalized spacial score (nSPS) is 28.0. The fourth-order valence-electron chi connectivity index (χ4n) is 2.00. The number of halogens is 4. The van der Waals surface area contributed by atoms with Crippen molar-refractivity contribution in [1.29, 1.82) is 0 Å². The van der Waals surface area contributed by atoms with Gasteiger partial charge in [-0.25, -0.2) is 17.6 Å². The lowest BCUT2D eigenvalue weighted by Gasteiger charge is -2.32. The second kappa shape index (κ2) is 4.59. The number of hydrogen-bond acceptors (Lipinski definition) is 1. The van der Waals surface area contributed by atoms with E-state index in [4.69, 9.17) is 0 Å². The average Bonchev–Trinajstić information content (AvgIpc) is 2.36. The van der Waals surface area contributed by atoms with Crippen LogP contribution in [0.3, 0.4) is 0 Å². The molecule has 1 aromatic rings. The largest absolute Gasteiger partial charge is 0.346 e. The Bertz CT molecular complexity index is 479. The van der Waals surface area contributed by atoms with Crippen LogP contribution < -0.4 is 5.32 Å². The van der Waals surface area contributed by atoms with Gasteiger partial charge in [-0.1, -0.05) is 12.1 Å². The molecule has 98 valence electrons. The summed E-state index contributed by atoms with van der Waals surface area (Å²) in [5.74, 6) is -3.23. The first kappa shape index (κ1) is 12.9. The van der Waals surface area contributed by atoms with Crippen LogP contribution in [0.5, 0.6) is 0 Å². The number of carbonyl (C=O) groups is 1. The summed E-state index contributed by atoms with van der Waals surface area (Å²) in [5, 5.41) is 2.18. The fourth-order valence-corrected chi connectivity index (χ4v) is 2.00. The summed E-state index contributed by atoms with van der Waals surface area (Å²) in [5.41, 5.74) is -2.61. The minimum Gasteiger partial charge on any atom is -0.346 e. The molecule has 0 spiro atoms. The van der Waals surface area contributed by atoms with Gasteiger partial charge in [0.15, 0.2) is 11.6 Å². The predicted molar refractivity (Wildman–Crippen MR) is 56.3 cm³/mol. The fraction of sp³-hybridized carbons (Fsp3) is 0.417. The summed E-state index contributed by atoms with van der Waals surface area (Å²) >= 11 is 0. The Morgan fingerprint density at radius 1 is 1.39 bits per heavy atom. The molecule has 6 heteroatoms. The van der Waals surface area contributed by atoms with Crippen molar-refractivity contribution in [2.24, 2.45) is 0 Å². The van der Waals surface area contributed by atoms with Gasteiger partial charge in [-0.05, 0) is 18.9 Å². The van der Waals surface area contributed by atoms with Crippen molar-refractivity contribution in [3.8, 4) is 0 Å². The Kier molecular flexibility index (Phi) is 3.28. The maximum Gasteiger partial charge on any atom is 0.260 e. The lowest BCUT2D eigenvalue weighted by Crippen LogP contribution is -2.51. The van der Waals surface area contributed by atoms with Crippen molar-refractivity contribution < 1.29 is 22.4 Å². The van der Waals surface area contributed by atoms with Crippen molar-refractivity contribution in [2.75, 3.05) is 6.67 Å². The topological polar surface area (TPSA) is 29.1 Å². The number of benzene rings is 1. The summed E-state index contributed by atoms with van der Waals surface area (Å²) in [6.45, 7) is -1.42. The Hall–Kier alpha value is -1.59. The van der Waals surface area contributed by atoms with Gasteiger partial charge in [0.05, 0.1) is 6.04 Å². The Balaban J connectivity index is 2.23. The maximum absolute atomic E-state index is 13.6. The number of piperidine rings is 1. The molecular formula is C12H11F4NO. The first-order valence-corrected chi connectivity index (χ1v) is 5.48. The highest BCUT2D eigenvalue weighted by Crippen LogP contribution is 2.33. The predicted octanol–water partition coefficient (Wildman–Crippen LogP) is 2.59. The molecular weight excluding hydrogens is 250 g/mol. The van der Waals surface area contributed by atoms with Gasteiger partial charge in [-0.2, -0.15) is 0 Å². The average molecular weight is 261 g/mol. The van der Waals surface area contributed by atoms with Crippen molar-refractivity contribution in [3.05, 3.63) is 35.4 Å². The molecule has 2 rings (SSSR count). The number of amides is 1. The highest BCUT2D eigenvalue weighted by atomic mass is 19.2. The van der Waals surface area contributed by atoms with Gasteiger partial charge >= 0.3 is 0 Å². The summed E-state index contributed by atoms with van der Waals surface area (Å²) in [6, 6.07) is 2.73. The zero-order valence-corrected chi connectivity index (χ0v) is 9.35. The van der Waals surface area contributed by atoms with Crippen LogP contribution in [-0.4, -0.2) is 18.3 Å². The number of rotatable bonds is 2. The molecule has 1 heterocycles. The number of hydrogen-bond donors (Lipinski definition) is 1. The van der Waals surface area contributed by atoms with E-state index in [9.17, 15) is 22.4 Å². The molecule has 0 radical (unpaired) electrons. The molecule has 0 aromatic heterocycles. The first-order valence-electron chi connectivity index (χ1n) is 5.48. The molecule has 18 heavy (non-hydrogen) atoms. The smallest absolute Gasteiger partial charge is 0.260 e. The molecule has 2 nitrogen and oxygen atoms in total. The Morgan fingerprint density at radius 3 is 2.72 bits per heavy atom. The van der Waals surface area contributed by atoms with Gasteiger partial charge in [-0.15, -0.1) is 0 Å². The standard InChI is InChI=1S/C12H11F4NO/c13-6-12(16)5-4-9(17-11(12)18)7-2-1-3-8(14)10(7)15/h1-3,9H,4-6H2,(H,17,18). The number of carbonyl (C=O) groups excluding carboxylic acids is 1. The van der Waals surface area contributed by atoms with Gasteiger partial charge in [-0.3, -0.25) is 4.79 Å². The van der Waals surface area contributed by atoms with E-state index in [1.54, 1.807) is 0 Å².